The number of halogens is 1. The molecule has 26 heavy (non-hydrogen) atoms. The fourth-order valence-electron chi connectivity index (χ4n) is 3.37. The summed E-state index contributed by atoms with van der Waals surface area (Å²) in [4.78, 5) is 0. The fraction of sp³-hybridized carbons (Fsp3) is 0.526. The van der Waals surface area contributed by atoms with Crippen LogP contribution < -0.4 is 0 Å². The molecule has 0 radical (unpaired) electrons. The van der Waals surface area contributed by atoms with Crippen LogP contribution in [0.15, 0.2) is 30.6 Å². The van der Waals surface area contributed by atoms with Crippen molar-refractivity contribution >= 4 is 0 Å². The zero-order chi connectivity index (χ0) is 17.9. The topological polar surface area (TPSA) is 65.7 Å². The van der Waals surface area contributed by atoms with Crippen LogP contribution in [0.4, 0.5) is 4.39 Å². The van der Waals surface area contributed by atoms with Gasteiger partial charge in [-0.3, -0.25) is 0 Å². The molecule has 7 heteroatoms. The van der Waals surface area contributed by atoms with E-state index in [1.54, 1.807) is 12.3 Å². The molecule has 3 heterocycles. The van der Waals surface area contributed by atoms with Gasteiger partial charge in [-0.25, -0.2) is 9.07 Å². The van der Waals surface area contributed by atoms with Crippen molar-refractivity contribution in [2.75, 3.05) is 26.4 Å². The first-order valence-corrected chi connectivity index (χ1v) is 9.04. The maximum atomic E-state index is 14.6. The zero-order valence-electron chi connectivity index (χ0n) is 14.5. The molecule has 4 rings (SSSR count). The molecule has 1 aromatic heterocycles. The van der Waals surface area contributed by atoms with Crippen molar-refractivity contribution in [2.45, 2.75) is 37.7 Å². The Morgan fingerprint density at radius 3 is 2.77 bits per heavy atom. The van der Waals surface area contributed by atoms with Crippen LogP contribution in [0.3, 0.4) is 0 Å². The van der Waals surface area contributed by atoms with Gasteiger partial charge in [-0.15, -0.1) is 0 Å². The van der Waals surface area contributed by atoms with E-state index in [1.807, 2.05) is 16.9 Å². The van der Waals surface area contributed by atoms with Gasteiger partial charge in [-0.2, -0.15) is 5.10 Å². The average Bonchev–Trinajstić information content (AvgIpc) is 3.19. The lowest BCUT2D eigenvalue weighted by Gasteiger charge is -2.29. The smallest absolute Gasteiger partial charge is 0.150 e. The summed E-state index contributed by atoms with van der Waals surface area (Å²) < 4.78 is 33.3. The molecule has 0 saturated carbocycles. The number of ether oxygens (including phenoxy) is 3. The van der Waals surface area contributed by atoms with Crippen LogP contribution in [-0.4, -0.2) is 47.4 Å². The molecule has 3 unspecified atom stereocenters. The van der Waals surface area contributed by atoms with Crippen molar-refractivity contribution in [2.24, 2.45) is 0 Å². The highest BCUT2D eigenvalue weighted by Gasteiger charge is 2.25. The minimum atomic E-state index is -0.454. The molecular weight excluding hydrogens is 339 g/mol. The van der Waals surface area contributed by atoms with Gasteiger partial charge in [0.05, 0.1) is 26.0 Å². The van der Waals surface area contributed by atoms with Gasteiger partial charge in [-0.1, -0.05) is 12.1 Å². The Hall–Kier alpha value is -1.80. The highest BCUT2D eigenvalue weighted by atomic mass is 19.1. The van der Waals surface area contributed by atoms with Crippen molar-refractivity contribution < 1.29 is 23.7 Å². The van der Waals surface area contributed by atoms with Crippen molar-refractivity contribution in [3.63, 3.8) is 0 Å². The second-order valence-electron chi connectivity index (χ2n) is 6.73. The number of hydrogen-bond donors (Lipinski definition) is 1. The fourth-order valence-corrected chi connectivity index (χ4v) is 3.37. The maximum Gasteiger partial charge on any atom is 0.150 e. The summed E-state index contributed by atoms with van der Waals surface area (Å²) in [6.07, 6.45) is 5.98. The van der Waals surface area contributed by atoms with Gasteiger partial charge < -0.3 is 19.3 Å². The van der Waals surface area contributed by atoms with Gasteiger partial charge in [0.25, 0.3) is 0 Å². The number of rotatable bonds is 4. The van der Waals surface area contributed by atoms with Gasteiger partial charge in [0, 0.05) is 23.9 Å². The van der Waals surface area contributed by atoms with Gasteiger partial charge in [-0.05, 0) is 30.9 Å². The van der Waals surface area contributed by atoms with Crippen molar-refractivity contribution in [3.05, 3.63) is 42.0 Å². The molecule has 2 saturated heterocycles. The Morgan fingerprint density at radius 1 is 1.15 bits per heavy atom. The van der Waals surface area contributed by atoms with E-state index in [9.17, 15) is 4.39 Å². The van der Waals surface area contributed by atoms with Crippen LogP contribution in [0.25, 0.3) is 11.1 Å². The number of aliphatic hydroxyl groups excluding tert-OH is 1. The molecule has 2 aliphatic heterocycles. The Bertz CT molecular complexity index is 737. The van der Waals surface area contributed by atoms with E-state index < -0.39 is 6.10 Å². The second-order valence-corrected chi connectivity index (χ2v) is 6.73. The number of hydrogen-bond acceptors (Lipinski definition) is 5. The van der Waals surface area contributed by atoms with Crippen molar-refractivity contribution in [3.8, 4) is 11.1 Å². The van der Waals surface area contributed by atoms with Crippen LogP contribution in [0.1, 0.15) is 37.2 Å². The Morgan fingerprint density at radius 2 is 2.08 bits per heavy atom. The minimum absolute atomic E-state index is 0.0334. The Labute approximate surface area is 151 Å². The summed E-state index contributed by atoms with van der Waals surface area (Å²) in [5.41, 5.74) is 2.08. The molecule has 0 aliphatic carbocycles. The van der Waals surface area contributed by atoms with E-state index in [-0.39, 0.29) is 38.0 Å². The molecule has 3 atom stereocenters. The van der Waals surface area contributed by atoms with Gasteiger partial charge in [0.1, 0.15) is 24.3 Å². The van der Waals surface area contributed by atoms with Crippen molar-refractivity contribution in [1.29, 1.82) is 0 Å². The molecule has 2 aliphatic rings. The first-order valence-electron chi connectivity index (χ1n) is 9.04. The quantitative estimate of drug-likeness (QED) is 0.906. The second kappa shape index (κ2) is 7.84. The highest BCUT2D eigenvalue weighted by Crippen LogP contribution is 2.30. The predicted molar refractivity (Wildman–Crippen MR) is 92.0 cm³/mol. The third-order valence-electron chi connectivity index (χ3n) is 4.90. The maximum absolute atomic E-state index is 14.6. The van der Waals surface area contributed by atoms with Gasteiger partial charge in [0.15, 0.2) is 0 Å². The summed E-state index contributed by atoms with van der Waals surface area (Å²) in [5, 5.41) is 13.4. The highest BCUT2D eigenvalue weighted by molar-refractivity contribution is 5.62. The largest absolute Gasteiger partial charge is 0.394 e. The minimum Gasteiger partial charge on any atom is -0.394 e. The lowest BCUT2D eigenvalue weighted by molar-refractivity contribution is -0.147. The molecule has 0 bridgehead atoms. The summed E-state index contributed by atoms with van der Waals surface area (Å²) in [5.74, 6) is -0.333. The average molecular weight is 362 g/mol. The third-order valence-corrected chi connectivity index (χ3v) is 4.90. The van der Waals surface area contributed by atoms with E-state index in [2.05, 4.69) is 5.10 Å². The number of benzene rings is 1. The summed E-state index contributed by atoms with van der Waals surface area (Å²) in [7, 11) is 0. The zero-order valence-corrected chi connectivity index (χ0v) is 14.5. The lowest BCUT2D eigenvalue weighted by Crippen LogP contribution is -2.33. The summed E-state index contributed by atoms with van der Waals surface area (Å²) in [6, 6.07) is 5.09. The Kier molecular flexibility index (Phi) is 5.31. The summed E-state index contributed by atoms with van der Waals surface area (Å²) >= 11 is 0. The van der Waals surface area contributed by atoms with Crippen LogP contribution in [0.2, 0.25) is 0 Å². The number of aromatic nitrogens is 2. The number of aliphatic hydroxyl groups is 1. The summed E-state index contributed by atoms with van der Waals surface area (Å²) in [6.45, 7) is 1.15. The van der Waals surface area contributed by atoms with Crippen LogP contribution in [-0.2, 0) is 14.2 Å². The van der Waals surface area contributed by atoms with E-state index >= 15 is 0 Å². The van der Waals surface area contributed by atoms with E-state index in [4.69, 9.17) is 19.3 Å². The van der Waals surface area contributed by atoms with Crippen LogP contribution in [0.5, 0.6) is 0 Å². The van der Waals surface area contributed by atoms with Crippen LogP contribution >= 0.6 is 0 Å². The monoisotopic (exact) mass is 362 g/mol. The predicted octanol–water partition coefficient (Wildman–Crippen LogP) is 2.84. The SMILES string of the molecule is OCC1COC(c2ccc(-c3cnn(C4CCCCO4)c3)cc2F)CO1. The van der Waals surface area contributed by atoms with Crippen LogP contribution in [0, 0.1) is 5.82 Å². The molecule has 2 aromatic rings. The van der Waals surface area contributed by atoms with Gasteiger partial charge >= 0.3 is 0 Å². The molecule has 1 aromatic carbocycles. The molecular formula is C19H23FN2O4. The normalized spacial score (nSPS) is 26.8. The molecule has 6 nitrogen and oxygen atoms in total. The molecule has 1 N–H and O–H groups in total. The standard InChI is InChI=1S/C19H23FN2O4/c20-17-7-13(4-5-16(17)18-12-25-15(10-23)11-26-18)14-8-21-22(9-14)19-3-1-2-6-24-19/h4-5,7-9,15,18-19,23H,1-3,6,10-12H2. The Balaban J connectivity index is 1.48. The molecule has 0 amide bonds. The molecule has 2 fully saturated rings. The van der Waals surface area contributed by atoms with E-state index in [0.717, 1.165) is 37.0 Å². The van der Waals surface area contributed by atoms with E-state index in [1.165, 1.54) is 6.07 Å². The molecule has 140 valence electrons. The number of nitrogens with zero attached hydrogens (tertiary/aromatic N) is 2. The molecule has 0 spiro atoms. The lowest BCUT2D eigenvalue weighted by atomic mass is 10.0. The first kappa shape index (κ1) is 17.6. The third kappa shape index (κ3) is 3.66. The van der Waals surface area contributed by atoms with Gasteiger partial charge in [0.2, 0.25) is 0 Å². The van der Waals surface area contributed by atoms with E-state index in [0.29, 0.717) is 5.56 Å². The van der Waals surface area contributed by atoms with Crippen molar-refractivity contribution in [1.82, 2.24) is 9.78 Å². The first-order chi connectivity index (χ1) is 12.7.